The lowest BCUT2D eigenvalue weighted by Crippen LogP contribution is -1.87. The van der Waals surface area contributed by atoms with E-state index in [1.54, 1.807) is 6.07 Å². The van der Waals surface area contributed by atoms with Crippen molar-refractivity contribution in [3.63, 3.8) is 0 Å². The fraction of sp³-hybridized carbons (Fsp3) is 0.143. The monoisotopic (exact) mass is 302 g/mol. The maximum atomic E-state index is 10.4. The van der Waals surface area contributed by atoms with Crippen LogP contribution in [0.5, 0.6) is 5.75 Å². The fourth-order valence-electron chi connectivity index (χ4n) is 3.36. The van der Waals surface area contributed by atoms with E-state index in [9.17, 15) is 5.11 Å². The third-order valence-electron chi connectivity index (χ3n) is 4.46. The summed E-state index contributed by atoms with van der Waals surface area (Å²) in [6.45, 7) is 4.25. The Balaban J connectivity index is 2.33. The summed E-state index contributed by atoms with van der Waals surface area (Å²) in [5, 5.41) is 14.5. The van der Waals surface area contributed by atoms with Crippen LogP contribution in [-0.2, 0) is 0 Å². The molecule has 0 saturated heterocycles. The smallest absolute Gasteiger partial charge is 0.144 e. The standard InChI is InChI=1S/C21H18O2/c1-3-4-8-15-13(2)14-9-5-6-10-16(14)21-19(15)20-17(22)11-7-12-18(20)23-21/h4-12,22H,3H2,1-2H3/b8-4-. The highest BCUT2D eigenvalue weighted by Crippen LogP contribution is 2.42. The van der Waals surface area contributed by atoms with E-state index in [1.807, 2.05) is 18.2 Å². The third-order valence-corrected chi connectivity index (χ3v) is 4.46. The van der Waals surface area contributed by atoms with Gasteiger partial charge in [-0.1, -0.05) is 49.4 Å². The molecule has 0 aliphatic rings. The zero-order valence-electron chi connectivity index (χ0n) is 13.3. The van der Waals surface area contributed by atoms with Gasteiger partial charge < -0.3 is 9.52 Å². The van der Waals surface area contributed by atoms with E-state index in [-0.39, 0.29) is 5.75 Å². The van der Waals surface area contributed by atoms with E-state index in [0.717, 1.165) is 39.3 Å². The second-order valence-electron chi connectivity index (χ2n) is 5.85. The molecule has 0 saturated carbocycles. The summed E-state index contributed by atoms with van der Waals surface area (Å²) in [6.07, 6.45) is 5.26. The number of hydrogen-bond donors (Lipinski definition) is 1. The summed E-state index contributed by atoms with van der Waals surface area (Å²) in [4.78, 5) is 0. The minimum Gasteiger partial charge on any atom is -0.507 e. The predicted molar refractivity (Wildman–Crippen MR) is 97.0 cm³/mol. The van der Waals surface area contributed by atoms with Crippen LogP contribution in [0.25, 0.3) is 38.8 Å². The molecule has 0 spiro atoms. The van der Waals surface area contributed by atoms with E-state index < -0.39 is 0 Å². The van der Waals surface area contributed by atoms with Gasteiger partial charge in [-0.25, -0.2) is 0 Å². The molecule has 1 N–H and O–H groups in total. The quantitative estimate of drug-likeness (QED) is 0.480. The van der Waals surface area contributed by atoms with Gasteiger partial charge in [-0.05, 0) is 42.0 Å². The van der Waals surface area contributed by atoms with Crippen LogP contribution >= 0.6 is 0 Å². The topological polar surface area (TPSA) is 33.4 Å². The number of phenols is 1. The summed E-state index contributed by atoms with van der Waals surface area (Å²) in [5.74, 6) is 0.266. The molecular weight excluding hydrogens is 284 g/mol. The van der Waals surface area contributed by atoms with Crippen LogP contribution in [0.1, 0.15) is 24.5 Å². The van der Waals surface area contributed by atoms with Gasteiger partial charge >= 0.3 is 0 Å². The van der Waals surface area contributed by atoms with Gasteiger partial charge in [-0.3, -0.25) is 0 Å². The Morgan fingerprint density at radius 1 is 1.00 bits per heavy atom. The molecule has 1 aromatic heterocycles. The van der Waals surface area contributed by atoms with Crippen molar-refractivity contribution in [2.75, 3.05) is 0 Å². The van der Waals surface area contributed by atoms with Gasteiger partial charge in [0.1, 0.15) is 16.9 Å². The molecule has 114 valence electrons. The van der Waals surface area contributed by atoms with E-state index >= 15 is 0 Å². The molecule has 4 aromatic rings. The van der Waals surface area contributed by atoms with Crippen molar-refractivity contribution in [3.05, 3.63) is 59.7 Å². The van der Waals surface area contributed by atoms with E-state index in [0.29, 0.717) is 0 Å². The third kappa shape index (κ3) is 1.95. The van der Waals surface area contributed by atoms with E-state index in [2.05, 4.69) is 44.2 Å². The van der Waals surface area contributed by atoms with Crippen molar-refractivity contribution in [2.24, 2.45) is 0 Å². The lowest BCUT2D eigenvalue weighted by Gasteiger charge is -2.09. The summed E-state index contributed by atoms with van der Waals surface area (Å²) >= 11 is 0. The molecule has 0 unspecified atom stereocenters. The van der Waals surface area contributed by atoms with Gasteiger partial charge in [-0.2, -0.15) is 0 Å². The number of aromatic hydroxyl groups is 1. The Hall–Kier alpha value is -2.74. The molecule has 0 amide bonds. The predicted octanol–water partition coefficient (Wildman–Crippen LogP) is 6.18. The largest absolute Gasteiger partial charge is 0.507 e. The van der Waals surface area contributed by atoms with Gasteiger partial charge in [0.05, 0.1) is 5.39 Å². The number of aryl methyl sites for hydroxylation is 1. The van der Waals surface area contributed by atoms with E-state index in [1.165, 1.54) is 10.9 Å². The first kappa shape index (κ1) is 13.9. The van der Waals surface area contributed by atoms with Crippen molar-refractivity contribution in [3.8, 4) is 5.75 Å². The highest BCUT2D eigenvalue weighted by Gasteiger charge is 2.18. The lowest BCUT2D eigenvalue weighted by molar-refractivity contribution is 0.481. The lowest BCUT2D eigenvalue weighted by atomic mass is 9.94. The number of hydrogen-bond acceptors (Lipinski definition) is 2. The normalized spacial score (nSPS) is 12.1. The minimum absolute atomic E-state index is 0.266. The van der Waals surface area contributed by atoms with Gasteiger partial charge in [-0.15, -0.1) is 0 Å². The van der Waals surface area contributed by atoms with E-state index in [4.69, 9.17) is 4.42 Å². The number of allylic oxidation sites excluding steroid dienone is 1. The molecule has 2 heteroatoms. The number of fused-ring (bicyclic) bond motifs is 5. The second-order valence-corrected chi connectivity index (χ2v) is 5.85. The van der Waals surface area contributed by atoms with Gasteiger partial charge in [0.2, 0.25) is 0 Å². The molecule has 0 fully saturated rings. The second kappa shape index (κ2) is 5.17. The first-order valence-corrected chi connectivity index (χ1v) is 7.94. The molecular formula is C21H18O2. The first-order chi connectivity index (χ1) is 11.2. The van der Waals surface area contributed by atoms with Gasteiger partial charge in [0, 0.05) is 10.8 Å². The van der Waals surface area contributed by atoms with Crippen LogP contribution in [0.3, 0.4) is 0 Å². The van der Waals surface area contributed by atoms with Crippen molar-refractivity contribution >= 4 is 38.8 Å². The fourth-order valence-corrected chi connectivity index (χ4v) is 3.36. The molecule has 2 nitrogen and oxygen atoms in total. The van der Waals surface area contributed by atoms with Gasteiger partial charge in [0.25, 0.3) is 0 Å². The molecule has 0 atom stereocenters. The average Bonchev–Trinajstić information content (AvgIpc) is 2.96. The van der Waals surface area contributed by atoms with Crippen LogP contribution in [0.15, 0.2) is 53.0 Å². The number of rotatable bonds is 2. The van der Waals surface area contributed by atoms with Crippen LogP contribution in [0.2, 0.25) is 0 Å². The van der Waals surface area contributed by atoms with Crippen LogP contribution in [0, 0.1) is 6.92 Å². The highest BCUT2D eigenvalue weighted by atomic mass is 16.3. The van der Waals surface area contributed by atoms with Crippen molar-refractivity contribution in [1.29, 1.82) is 0 Å². The molecule has 0 radical (unpaired) electrons. The highest BCUT2D eigenvalue weighted by molar-refractivity contribution is 6.21. The Morgan fingerprint density at radius 2 is 1.78 bits per heavy atom. The van der Waals surface area contributed by atoms with Crippen molar-refractivity contribution < 1.29 is 9.52 Å². The molecule has 0 bridgehead atoms. The Kier molecular flexibility index (Phi) is 3.12. The minimum atomic E-state index is 0.266. The summed E-state index contributed by atoms with van der Waals surface area (Å²) in [7, 11) is 0. The number of benzene rings is 3. The summed E-state index contributed by atoms with van der Waals surface area (Å²) < 4.78 is 6.13. The SMILES string of the molecule is CC/C=C\c1c(C)c2ccccc2c2oc3cccc(O)c3c12. The molecule has 0 aliphatic heterocycles. The molecule has 1 heterocycles. The summed E-state index contributed by atoms with van der Waals surface area (Å²) in [5.41, 5.74) is 3.91. The zero-order valence-corrected chi connectivity index (χ0v) is 13.3. The Morgan fingerprint density at radius 3 is 2.57 bits per heavy atom. The molecule has 3 aromatic carbocycles. The molecule has 0 aliphatic carbocycles. The average molecular weight is 302 g/mol. The Bertz CT molecular complexity index is 1070. The van der Waals surface area contributed by atoms with Crippen molar-refractivity contribution in [1.82, 2.24) is 0 Å². The maximum Gasteiger partial charge on any atom is 0.144 e. The molecule has 4 rings (SSSR count). The molecule has 23 heavy (non-hydrogen) atoms. The first-order valence-electron chi connectivity index (χ1n) is 7.94. The summed E-state index contributed by atoms with van der Waals surface area (Å²) in [6, 6.07) is 13.7. The zero-order chi connectivity index (χ0) is 16.0. The number of phenolic OH excluding ortho intramolecular Hbond substituents is 1. The van der Waals surface area contributed by atoms with Crippen LogP contribution < -0.4 is 0 Å². The van der Waals surface area contributed by atoms with Gasteiger partial charge in [0.15, 0.2) is 0 Å². The van der Waals surface area contributed by atoms with Crippen LogP contribution in [-0.4, -0.2) is 5.11 Å². The number of furan rings is 1. The Labute approximate surface area is 134 Å². The van der Waals surface area contributed by atoms with Crippen molar-refractivity contribution in [2.45, 2.75) is 20.3 Å². The van der Waals surface area contributed by atoms with Crippen LogP contribution in [0.4, 0.5) is 0 Å². The maximum absolute atomic E-state index is 10.4.